The van der Waals surface area contributed by atoms with Gasteiger partial charge in [0, 0.05) is 18.7 Å². The van der Waals surface area contributed by atoms with Crippen LogP contribution in [0.5, 0.6) is 0 Å². The lowest BCUT2D eigenvalue weighted by atomic mass is 10.0. The van der Waals surface area contributed by atoms with E-state index in [9.17, 15) is 14.7 Å². The van der Waals surface area contributed by atoms with Gasteiger partial charge in [-0.25, -0.2) is 4.63 Å². The summed E-state index contributed by atoms with van der Waals surface area (Å²) in [5, 5.41) is 20.1. The average Bonchev–Trinajstić information content (AvgIpc) is 3.03. The normalized spacial score (nSPS) is 20.7. The van der Waals surface area contributed by atoms with Crippen LogP contribution < -0.4 is 5.32 Å². The van der Waals surface area contributed by atoms with Crippen molar-refractivity contribution in [2.45, 2.75) is 25.5 Å². The third-order valence-electron chi connectivity index (χ3n) is 4.07. The summed E-state index contributed by atoms with van der Waals surface area (Å²) in [4.78, 5) is 26.1. The summed E-state index contributed by atoms with van der Waals surface area (Å²) < 4.78 is 4.50. The maximum atomic E-state index is 12.4. The predicted octanol–water partition coefficient (Wildman–Crippen LogP) is 0.383. The number of aliphatic hydroxyl groups excluding tert-OH is 1. The fourth-order valence-electron chi connectivity index (χ4n) is 2.72. The molecule has 2 atom stereocenters. The summed E-state index contributed by atoms with van der Waals surface area (Å²) in [5.41, 5.74) is 1.07. The predicted molar refractivity (Wildman–Crippen MR) is 83.3 cm³/mol. The highest BCUT2D eigenvalue weighted by Gasteiger charge is 2.32. The van der Waals surface area contributed by atoms with E-state index >= 15 is 0 Å². The smallest absolute Gasteiger partial charge is 0.275 e. The quantitative estimate of drug-likeness (QED) is 0.842. The van der Waals surface area contributed by atoms with Gasteiger partial charge in [0.15, 0.2) is 5.69 Å². The van der Waals surface area contributed by atoms with Gasteiger partial charge < -0.3 is 15.3 Å². The Kier molecular flexibility index (Phi) is 4.57. The molecule has 24 heavy (non-hydrogen) atoms. The van der Waals surface area contributed by atoms with Gasteiger partial charge in [-0.2, -0.15) is 0 Å². The zero-order valence-corrected chi connectivity index (χ0v) is 13.2. The van der Waals surface area contributed by atoms with Gasteiger partial charge in [0.05, 0.1) is 12.1 Å². The van der Waals surface area contributed by atoms with Crippen LogP contribution in [-0.2, 0) is 0 Å². The van der Waals surface area contributed by atoms with Gasteiger partial charge in [0.1, 0.15) is 5.69 Å². The topological polar surface area (TPSA) is 109 Å². The fourth-order valence-corrected chi connectivity index (χ4v) is 2.72. The van der Waals surface area contributed by atoms with Gasteiger partial charge >= 0.3 is 0 Å². The van der Waals surface area contributed by atoms with Gasteiger partial charge in [0.2, 0.25) is 0 Å². The van der Waals surface area contributed by atoms with Gasteiger partial charge in [-0.3, -0.25) is 9.59 Å². The second-order valence-electron chi connectivity index (χ2n) is 5.75. The lowest BCUT2D eigenvalue weighted by Crippen LogP contribution is -2.55. The maximum Gasteiger partial charge on any atom is 0.275 e. The SMILES string of the molecule is Cc1nonc1C(=O)N[C@@H]1CCN(C(=O)c2ccccc2)C[C@H]1O. The van der Waals surface area contributed by atoms with Crippen molar-refractivity contribution in [1.82, 2.24) is 20.5 Å². The number of carbonyl (C=O) groups excluding carboxylic acids is 2. The van der Waals surface area contributed by atoms with Crippen molar-refractivity contribution in [2.75, 3.05) is 13.1 Å². The number of carbonyl (C=O) groups is 2. The third kappa shape index (κ3) is 3.28. The Labute approximate surface area is 138 Å². The molecule has 1 aliphatic heterocycles. The number of β-amino-alcohol motifs (C(OH)–C–C–N with tert-alkyl or cyclic N) is 1. The maximum absolute atomic E-state index is 12.4. The number of hydrogen-bond donors (Lipinski definition) is 2. The van der Waals surface area contributed by atoms with E-state index in [0.29, 0.717) is 24.2 Å². The number of hydrogen-bond acceptors (Lipinski definition) is 6. The Morgan fingerprint density at radius 1 is 1.29 bits per heavy atom. The van der Waals surface area contributed by atoms with E-state index in [-0.39, 0.29) is 18.1 Å². The van der Waals surface area contributed by atoms with Crippen molar-refractivity contribution in [1.29, 1.82) is 0 Å². The molecule has 1 saturated heterocycles. The molecule has 0 bridgehead atoms. The molecule has 1 aliphatic rings. The number of aromatic nitrogens is 2. The van der Waals surface area contributed by atoms with E-state index in [4.69, 9.17) is 0 Å². The molecule has 0 saturated carbocycles. The summed E-state index contributed by atoms with van der Waals surface area (Å²) in [6, 6.07) is 8.46. The molecule has 2 aromatic rings. The molecule has 1 aromatic heterocycles. The first kappa shape index (κ1) is 16.1. The number of aryl methyl sites for hydroxylation is 1. The van der Waals surface area contributed by atoms with Gasteiger partial charge in [-0.15, -0.1) is 0 Å². The van der Waals surface area contributed by atoms with Crippen molar-refractivity contribution in [3.05, 3.63) is 47.3 Å². The molecule has 1 aromatic carbocycles. The number of aliphatic hydroxyl groups is 1. The first-order chi connectivity index (χ1) is 11.6. The number of likely N-dealkylation sites (tertiary alicyclic amines) is 1. The van der Waals surface area contributed by atoms with E-state index in [1.807, 2.05) is 6.07 Å². The Morgan fingerprint density at radius 2 is 2.04 bits per heavy atom. The van der Waals surface area contributed by atoms with Crippen LogP contribution in [-0.4, -0.2) is 57.4 Å². The molecular formula is C16H18N4O4. The van der Waals surface area contributed by atoms with E-state index < -0.39 is 18.1 Å². The molecule has 0 spiro atoms. The summed E-state index contributed by atoms with van der Waals surface area (Å²) in [7, 11) is 0. The monoisotopic (exact) mass is 330 g/mol. The minimum atomic E-state index is -0.851. The molecule has 0 unspecified atom stereocenters. The zero-order chi connectivity index (χ0) is 17.1. The fraction of sp³-hybridized carbons (Fsp3) is 0.375. The van der Waals surface area contributed by atoms with Gasteiger partial charge in [0.25, 0.3) is 11.8 Å². The number of piperidine rings is 1. The lowest BCUT2D eigenvalue weighted by Gasteiger charge is -2.36. The number of nitrogens with zero attached hydrogens (tertiary/aromatic N) is 3. The second kappa shape index (κ2) is 6.79. The average molecular weight is 330 g/mol. The Morgan fingerprint density at radius 3 is 2.67 bits per heavy atom. The molecule has 3 rings (SSSR count). The highest BCUT2D eigenvalue weighted by Crippen LogP contribution is 2.15. The minimum Gasteiger partial charge on any atom is -0.389 e. The third-order valence-corrected chi connectivity index (χ3v) is 4.07. The largest absolute Gasteiger partial charge is 0.389 e. The molecule has 8 heteroatoms. The highest BCUT2D eigenvalue weighted by molar-refractivity contribution is 5.94. The highest BCUT2D eigenvalue weighted by atomic mass is 16.6. The van der Waals surface area contributed by atoms with Crippen LogP contribution in [0.3, 0.4) is 0 Å². The van der Waals surface area contributed by atoms with Crippen molar-refractivity contribution in [2.24, 2.45) is 0 Å². The second-order valence-corrected chi connectivity index (χ2v) is 5.75. The Balaban J connectivity index is 1.60. The molecule has 2 N–H and O–H groups in total. The lowest BCUT2D eigenvalue weighted by molar-refractivity contribution is 0.0313. The van der Waals surface area contributed by atoms with Gasteiger partial charge in [-0.1, -0.05) is 23.4 Å². The van der Waals surface area contributed by atoms with E-state index in [1.54, 1.807) is 36.1 Å². The molecule has 0 aliphatic carbocycles. The van der Waals surface area contributed by atoms with Crippen LogP contribution in [0.4, 0.5) is 0 Å². The van der Waals surface area contributed by atoms with Crippen LogP contribution >= 0.6 is 0 Å². The summed E-state index contributed by atoms with van der Waals surface area (Å²) in [6.45, 7) is 2.23. The van der Waals surface area contributed by atoms with Crippen LogP contribution in [0.2, 0.25) is 0 Å². The Bertz CT molecular complexity index is 731. The van der Waals surface area contributed by atoms with Crippen molar-refractivity contribution in [3.8, 4) is 0 Å². The van der Waals surface area contributed by atoms with Gasteiger partial charge in [-0.05, 0) is 30.6 Å². The van der Waals surface area contributed by atoms with Crippen LogP contribution in [0, 0.1) is 6.92 Å². The first-order valence-corrected chi connectivity index (χ1v) is 7.68. The van der Waals surface area contributed by atoms with Crippen LogP contribution in [0.25, 0.3) is 0 Å². The molecule has 8 nitrogen and oxygen atoms in total. The minimum absolute atomic E-state index is 0.102. The van der Waals surface area contributed by atoms with Crippen LogP contribution in [0.15, 0.2) is 35.0 Å². The molecule has 1 fully saturated rings. The summed E-state index contributed by atoms with van der Waals surface area (Å²) in [6.07, 6.45) is -0.397. The molecule has 2 amide bonds. The van der Waals surface area contributed by atoms with E-state index in [0.717, 1.165) is 0 Å². The van der Waals surface area contributed by atoms with Crippen molar-refractivity contribution in [3.63, 3.8) is 0 Å². The number of nitrogens with one attached hydrogen (secondary N) is 1. The number of benzene rings is 1. The standard InChI is InChI=1S/C16H18N4O4/c1-10-14(19-24-18-10)15(22)17-12-7-8-20(9-13(12)21)16(23)11-5-3-2-4-6-11/h2-6,12-13,21H,7-9H2,1H3,(H,17,22)/t12-,13-/m1/s1. The van der Waals surface area contributed by atoms with Crippen LogP contribution in [0.1, 0.15) is 33.0 Å². The Hall–Kier alpha value is -2.74. The van der Waals surface area contributed by atoms with E-state index in [2.05, 4.69) is 20.3 Å². The summed E-state index contributed by atoms with van der Waals surface area (Å²) >= 11 is 0. The molecular weight excluding hydrogens is 312 g/mol. The summed E-state index contributed by atoms with van der Waals surface area (Å²) in [5.74, 6) is -0.573. The molecule has 2 heterocycles. The van der Waals surface area contributed by atoms with Crippen molar-refractivity contribution >= 4 is 11.8 Å². The van der Waals surface area contributed by atoms with Crippen molar-refractivity contribution < 1.29 is 19.3 Å². The number of amides is 2. The molecule has 0 radical (unpaired) electrons. The first-order valence-electron chi connectivity index (χ1n) is 7.68. The van der Waals surface area contributed by atoms with E-state index in [1.165, 1.54) is 0 Å². The zero-order valence-electron chi connectivity index (χ0n) is 13.2. The number of rotatable bonds is 3. The molecule has 126 valence electrons.